The van der Waals surface area contributed by atoms with Crippen molar-refractivity contribution in [3.63, 3.8) is 0 Å². The van der Waals surface area contributed by atoms with Gasteiger partial charge >= 0.3 is 0 Å². The van der Waals surface area contributed by atoms with E-state index in [9.17, 15) is 0 Å². The molecule has 0 aliphatic heterocycles. The van der Waals surface area contributed by atoms with Crippen LogP contribution in [0.25, 0.3) is 0 Å². The van der Waals surface area contributed by atoms with Crippen LogP contribution in [-0.4, -0.2) is 16.1 Å². The maximum Gasteiger partial charge on any atom is 0.139 e. The van der Waals surface area contributed by atoms with E-state index in [1.54, 1.807) is 0 Å². The lowest BCUT2D eigenvalue weighted by molar-refractivity contribution is 1.20. The Hall–Kier alpha value is -3.53. The van der Waals surface area contributed by atoms with Gasteiger partial charge in [-0.3, -0.25) is 0 Å². The molecule has 0 unspecified atom stereocenters. The summed E-state index contributed by atoms with van der Waals surface area (Å²) in [7, 11) is -2.86. The van der Waals surface area contributed by atoms with E-state index >= 15 is 0 Å². The Labute approximate surface area is 199 Å². The monoisotopic (exact) mass is 446 g/mol. The summed E-state index contributed by atoms with van der Waals surface area (Å²) in [6, 6.07) is 7.00. The Morgan fingerprint density at radius 1 is 0.281 bits per heavy atom. The highest BCUT2D eigenvalue weighted by Crippen LogP contribution is 2.19. The Morgan fingerprint density at radius 3 is 0.594 bits per heavy atom. The molecule has 0 saturated carbocycles. The topological polar surface area (TPSA) is 0 Å². The quantitative estimate of drug-likeness (QED) is 0.393. The molecule has 0 saturated heterocycles. The zero-order chi connectivity index (χ0) is 24.0. The lowest BCUT2D eigenvalue weighted by Gasteiger charge is -2.19. The molecule has 0 aromatic rings. The first-order valence-electron chi connectivity index (χ1n) is 11.1. The van der Waals surface area contributed by atoms with Crippen molar-refractivity contribution < 1.29 is 0 Å². The second kappa shape index (κ2) is 18.3. The lowest BCUT2D eigenvalue weighted by Crippen LogP contribution is -2.29. The zero-order valence-electron chi connectivity index (χ0n) is 20.2. The first-order chi connectivity index (χ1) is 15.6. The zero-order valence-corrected chi connectivity index (χ0v) is 22.2. The summed E-state index contributed by atoms with van der Waals surface area (Å²) < 4.78 is 0. The van der Waals surface area contributed by atoms with Gasteiger partial charge in [0.2, 0.25) is 0 Å². The van der Waals surface area contributed by atoms with Gasteiger partial charge in [-0.25, -0.2) is 0 Å². The molecular weight excluding hydrogens is 417 g/mol. The van der Waals surface area contributed by atoms with Crippen molar-refractivity contribution in [1.29, 1.82) is 0 Å². The molecule has 0 amide bonds. The van der Waals surface area contributed by atoms with Gasteiger partial charge < -0.3 is 0 Å². The minimum absolute atomic E-state index is 1.17. The predicted molar refractivity (Wildman–Crippen MR) is 144 cm³/mol. The van der Waals surface area contributed by atoms with E-state index in [-0.39, 0.29) is 0 Å². The van der Waals surface area contributed by atoms with Crippen molar-refractivity contribution in [3.8, 4) is 106 Å². The molecule has 2 heteroatoms. The van der Waals surface area contributed by atoms with E-state index < -0.39 is 16.1 Å². The van der Waals surface area contributed by atoms with Gasteiger partial charge in [-0.2, -0.15) is 0 Å². The largest absolute Gasteiger partial charge is 0.139 e. The van der Waals surface area contributed by atoms with Gasteiger partial charge in [-0.05, 0) is 131 Å². The molecule has 32 heavy (non-hydrogen) atoms. The predicted octanol–water partition coefficient (Wildman–Crippen LogP) is 5.11. The average molecular weight is 447 g/mol. The molecule has 0 aromatic carbocycles. The first-order valence-corrected chi connectivity index (χ1v) is 16.4. The molecular formula is C30H30Si2. The van der Waals surface area contributed by atoms with Crippen molar-refractivity contribution in [1.82, 2.24) is 0 Å². The third-order valence-corrected chi connectivity index (χ3v) is 15.1. The fourth-order valence-corrected chi connectivity index (χ4v) is 7.51. The minimum Gasteiger partial charge on any atom is -0.117 e. The smallest absolute Gasteiger partial charge is 0.117 e. The maximum absolute atomic E-state index is 3.39. The van der Waals surface area contributed by atoms with E-state index in [0.29, 0.717) is 0 Å². The van der Waals surface area contributed by atoms with Gasteiger partial charge in [0, 0.05) is 0 Å². The lowest BCUT2D eigenvalue weighted by atomic mass is 10.5. The summed E-state index contributed by atoms with van der Waals surface area (Å²) in [5.74, 6) is 43.1. The minimum atomic E-state index is -1.43. The van der Waals surface area contributed by atoms with Crippen LogP contribution >= 0.6 is 0 Å². The first kappa shape index (κ1) is 28.5. The Balaban J connectivity index is 4.72. The van der Waals surface area contributed by atoms with Crippen LogP contribution in [-0.2, 0) is 0 Å². The third-order valence-electron chi connectivity index (χ3n) is 5.65. The summed E-state index contributed by atoms with van der Waals surface area (Å²) >= 11 is 0. The van der Waals surface area contributed by atoms with E-state index in [1.165, 1.54) is 36.3 Å². The van der Waals surface area contributed by atoms with Gasteiger partial charge in [-0.15, -0.1) is 11.1 Å². The Bertz CT molecular complexity index is 1070. The van der Waals surface area contributed by atoms with Gasteiger partial charge in [0.15, 0.2) is 0 Å². The highest BCUT2D eigenvalue weighted by Gasteiger charge is 2.24. The number of hydrogen-bond donors (Lipinski definition) is 0. The van der Waals surface area contributed by atoms with Crippen LogP contribution in [0.3, 0.4) is 0 Å². The highest BCUT2D eigenvalue weighted by molar-refractivity contribution is 6.87. The second-order valence-electron chi connectivity index (χ2n) is 6.93. The standard InChI is InChI=1S/C30H30Si2/c1-7-31(8-2,9-3)29-27-25-23-21-19-17-15-13-14-16-18-20-22-24-26-28-30-32(10-4,11-5)12-6/h7-12H2,1-6H3. The van der Waals surface area contributed by atoms with Gasteiger partial charge in [-0.1, -0.05) is 41.5 Å². The summed E-state index contributed by atoms with van der Waals surface area (Å²) in [5, 5.41) is 0. The maximum atomic E-state index is 3.39. The van der Waals surface area contributed by atoms with Gasteiger partial charge in [0.05, 0.1) is 0 Å². The molecule has 0 aromatic heterocycles. The van der Waals surface area contributed by atoms with Crippen LogP contribution in [0, 0.1) is 106 Å². The van der Waals surface area contributed by atoms with E-state index in [0.717, 1.165) is 0 Å². The molecule has 0 N–H and O–H groups in total. The Morgan fingerprint density at radius 2 is 0.438 bits per heavy atom. The fraction of sp³-hybridized carbons (Fsp3) is 0.400. The normalized spacial score (nSPS) is 8.06. The molecule has 0 heterocycles. The van der Waals surface area contributed by atoms with Crippen LogP contribution in [0.15, 0.2) is 0 Å². The van der Waals surface area contributed by atoms with Crippen LogP contribution in [0.4, 0.5) is 0 Å². The van der Waals surface area contributed by atoms with Crippen molar-refractivity contribution in [2.24, 2.45) is 0 Å². The molecule has 0 fully saturated rings. The van der Waals surface area contributed by atoms with Gasteiger partial charge in [0.1, 0.15) is 16.1 Å². The summed E-state index contributed by atoms with van der Waals surface area (Å²) in [6.45, 7) is 13.3. The van der Waals surface area contributed by atoms with Crippen LogP contribution in [0.5, 0.6) is 0 Å². The van der Waals surface area contributed by atoms with Gasteiger partial charge in [0.25, 0.3) is 0 Å². The molecule has 0 nitrogen and oxygen atoms in total. The molecule has 0 aliphatic carbocycles. The third kappa shape index (κ3) is 12.2. The van der Waals surface area contributed by atoms with E-state index in [1.807, 2.05) is 0 Å². The van der Waals surface area contributed by atoms with Crippen molar-refractivity contribution in [2.45, 2.75) is 77.8 Å². The van der Waals surface area contributed by atoms with Crippen molar-refractivity contribution >= 4 is 16.1 Å². The second-order valence-corrected chi connectivity index (χ2v) is 16.8. The Kier molecular flexibility index (Phi) is 16.2. The van der Waals surface area contributed by atoms with E-state index in [2.05, 4.69) is 147 Å². The van der Waals surface area contributed by atoms with Crippen molar-refractivity contribution in [2.75, 3.05) is 0 Å². The summed E-state index contributed by atoms with van der Waals surface area (Å²) in [5.41, 5.74) is 6.79. The fourth-order valence-electron chi connectivity index (χ4n) is 2.80. The van der Waals surface area contributed by atoms with E-state index in [4.69, 9.17) is 0 Å². The molecule has 0 aliphatic rings. The van der Waals surface area contributed by atoms with Crippen LogP contribution in [0.2, 0.25) is 36.3 Å². The van der Waals surface area contributed by atoms with Crippen LogP contribution in [0.1, 0.15) is 41.5 Å². The summed E-state index contributed by atoms with van der Waals surface area (Å²) in [4.78, 5) is 0. The average Bonchev–Trinajstić information content (AvgIpc) is 2.84. The SMILES string of the molecule is CC[Si](C#CC#CC#CC#CC#CC#CC#CC#CC#C[Si](CC)(CC)CC)(CC)CC. The summed E-state index contributed by atoms with van der Waals surface area (Å²) in [6.07, 6.45) is 0. The van der Waals surface area contributed by atoms with Crippen LogP contribution < -0.4 is 0 Å². The molecule has 0 radical (unpaired) electrons. The number of rotatable bonds is 6. The molecule has 0 spiro atoms. The molecule has 0 bridgehead atoms. The highest BCUT2D eigenvalue weighted by atomic mass is 28.3. The molecule has 0 rings (SSSR count). The van der Waals surface area contributed by atoms with Crippen molar-refractivity contribution in [3.05, 3.63) is 0 Å². The number of hydrogen-bond acceptors (Lipinski definition) is 0. The molecule has 158 valence electrons. The molecule has 0 atom stereocenters.